The Bertz CT molecular complexity index is 729. The number of halogens is 1. The van der Waals surface area contributed by atoms with E-state index in [0.29, 0.717) is 23.8 Å². The van der Waals surface area contributed by atoms with Crippen LogP contribution in [0.3, 0.4) is 0 Å². The first-order valence-electron chi connectivity index (χ1n) is 8.12. The van der Waals surface area contributed by atoms with Crippen molar-refractivity contribution >= 4 is 5.97 Å². The van der Waals surface area contributed by atoms with Crippen LogP contribution in [0.1, 0.15) is 30.7 Å². The minimum atomic E-state index is -0.327. The molecule has 24 heavy (non-hydrogen) atoms. The normalized spacial score (nSPS) is 18.5. The molecule has 1 aliphatic rings. The summed E-state index contributed by atoms with van der Waals surface area (Å²) in [6.07, 6.45) is 2.85. The van der Waals surface area contributed by atoms with E-state index in [1.54, 1.807) is 12.1 Å². The highest BCUT2D eigenvalue weighted by atomic mass is 19.1. The van der Waals surface area contributed by atoms with Crippen molar-refractivity contribution in [3.8, 4) is 11.5 Å². The number of methoxy groups -OCH3 is 1. The van der Waals surface area contributed by atoms with Gasteiger partial charge in [0.25, 0.3) is 0 Å². The highest BCUT2D eigenvalue weighted by molar-refractivity contribution is 5.75. The van der Waals surface area contributed by atoms with Gasteiger partial charge in [0.15, 0.2) is 0 Å². The lowest BCUT2D eigenvalue weighted by molar-refractivity contribution is -0.148. The molecule has 128 valence electrons. The van der Waals surface area contributed by atoms with Crippen LogP contribution in [-0.4, -0.2) is 35.5 Å². The molecule has 0 radical (unpaired) electrons. The third-order valence-corrected chi connectivity index (χ3v) is 4.40. The molecule has 1 fully saturated rings. The van der Waals surface area contributed by atoms with Crippen LogP contribution in [0.15, 0.2) is 28.7 Å². The average Bonchev–Trinajstić information content (AvgIpc) is 2.95. The van der Waals surface area contributed by atoms with Gasteiger partial charge >= 0.3 is 5.97 Å². The van der Waals surface area contributed by atoms with Gasteiger partial charge in [0.05, 0.1) is 12.8 Å². The van der Waals surface area contributed by atoms with Gasteiger partial charge in [0.1, 0.15) is 17.6 Å². The summed E-state index contributed by atoms with van der Waals surface area (Å²) in [7, 11) is 1.42. The van der Waals surface area contributed by atoms with Crippen molar-refractivity contribution in [1.29, 1.82) is 0 Å². The molecule has 6 heteroatoms. The standard InChI is InChI=1S/C18H21FN2O3/c1-12-15(11-21-9-4-3-8-16(21)18(22)23-2)20-17(24-12)13-6-5-7-14(19)10-13/h5-7,10,16H,3-4,8-9,11H2,1-2H3. The molecule has 0 saturated carbocycles. The zero-order chi connectivity index (χ0) is 17.1. The second kappa shape index (κ2) is 7.13. The predicted molar refractivity (Wildman–Crippen MR) is 86.7 cm³/mol. The summed E-state index contributed by atoms with van der Waals surface area (Å²) in [6.45, 7) is 3.17. The number of rotatable bonds is 4. The molecule has 2 aromatic rings. The van der Waals surface area contributed by atoms with E-state index in [-0.39, 0.29) is 17.8 Å². The van der Waals surface area contributed by atoms with E-state index in [2.05, 4.69) is 9.88 Å². The number of piperidine rings is 1. The van der Waals surface area contributed by atoms with E-state index in [1.807, 2.05) is 6.92 Å². The second-order valence-electron chi connectivity index (χ2n) is 6.04. The summed E-state index contributed by atoms with van der Waals surface area (Å²) < 4.78 is 24.0. The fourth-order valence-electron chi connectivity index (χ4n) is 3.10. The molecule has 1 aromatic carbocycles. The van der Waals surface area contributed by atoms with Gasteiger partial charge in [0.2, 0.25) is 5.89 Å². The molecular formula is C18H21FN2O3. The van der Waals surface area contributed by atoms with E-state index >= 15 is 0 Å². The summed E-state index contributed by atoms with van der Waals surface area (Å²) in [4.78, 5) is 18.6. The van der Waals surface area contributed by atoms with Crippen LogP contribution < -0.4 is 0 Å². The summed E-state index contributed by atoms with van der Waals surface area (Å²) >= 11 is 0. The minimum absolute atomic E-state index is 0.207. The minimum Gasteiger partial charge on any atom is -0.468 e. The van der Waals surface area contributed by atoms with Crippen molar-refractivity contribution in [2.45, 2.75) is 38.8 Å². The predicted octanol–water partition coefficient (Wildman–Crippen LogP) is 3.32. The average molecular weight is 332 g/mol. The fourth-order valence-corrected chi connectivity index (χ4v) is 3.10. The first-order chi connectivity index (χ1) is 11.6. The van der Waals surface area contributed by atoms with Crippen LogP contribution in [0, 0.1) is 12.7 Å². The number of esters is 1. The SMILES string of the molecule is COC(=O)C1CCCCN1Cc1nc(-c2cccc(F)c2)oc1C. The number of carbonyl (C=O) groups excluding carboxylic acids is 1. The Morgan fingerprint density at radius 1 is 1.46 bits per heavy atom. The van der Waals surface area contributed by atoms with Crippen LogP contribution >= 0.6 is 0 Å². The Morgan fingerprint density at radius 2 is 2.29 bits per heavy atom. The first kappa shape index (κ1) is 16.6. The molecule has 0 N–H and O–H groups in total. The van der Waals surface area contributed by atoms with E-state index in [4.69, 9.17) is 9.15 Å². The molecule has 1 aromatic heterocycles. The molecule has 5 nitrogen and oxygen atoms in total. The summed E-state index contributed by atoms with van der Waals surface area (Å²) in [6, 6.07) is 5.93. The number of aromatic nitrogens is 1. The Kier molecular flexibility index (Phi) is 4.94. The first-order valence-corrected chi connectivity index (χ1v) is 8.12. The van der Waals surface area contributed by atoms with Crippen LogP contribution in [0.2, 0.25) is 0 Å². The lowest BCUT2D eigenvalue weighted by atomic mass is 10.0. The molecule has 0 spiro atoms. The number of ether oxygens (including phenoxy) is 1. The molecule has 0 bridgehead atoms. The van der Waals surface area contributed by atoms with Gasteiger partial charge in [-0.05, 0) is 44.5 Å². The molecular weight excluding hydrogens is 311 g/mol. The molecule has 1 unspecified atom stereocenters. The van der Waals surface area contributed by atoms with Gasteiger partial charge in [-0.2, -0.15) is 0 Å². The second-order valence-corrected chi connectivity index (χ2v) is 6.04. The summed E-state index contributed by atoms with van der Waals surface area (Å²) in [5.74, 6) is 0.546. The number of carbonyl (C=O) groups is 1. The Morgan fingerprint density at radius 3 is 3.04 bits per heavy atom. The van der Waals surface area contributed by atoms with Gasteiger partial charge in [-0.15, -0.1) is 0 Å². The van der Waals surface area contributed by atoms with Gasteiger partial charge in [-0.3, -0.25) is 9.69 Å². The molecule has 0 amide bonds. The molecule has 0 aliphatic carbocycles. The zero-order valence-corrected chi connectivity index (χ0v) is 13.9. The number of nitrogens with zero attached hydrogens (tertiary/aromatic N) is 2. The quantitative estimate of drug-likeness (QED) is 0.804. The smallest absolute Gasteiger partial charge is 0.323 e. The third-order valence-electron chi connectivity index (χ3n) is 4.40. The molecule has 1 aliphatic heterocycles. The molecule has 1 atom stereocenters. The van der Waals surface area contributed by atoms with Crippen LogP contribution in [0.5, 0.6) is 0 Å². The van der Waals surface area contributed by atoms with Crippen molar-refractivity contribution < 1.29 is 18.3 Å². The molecule has 1 saturated heterocycles. The van der Waals surface area contributed by atoms with Crippen LogP contribution in [0.4, 0.5) is 4.39 Å². The number of aryl methyl sites for hydroxylation is 1. The Hall–Kier alpha value is -2.21. The maximum absolute atomic E-state index is 13.4. The van der Waals surface area contributed by atoms with Crippen LogP contribution in [-0.2, 0) is 16.1 Å². The topological polar surface area (TPSA) is 55.6 Å². The van der Waals surface area contributed by atoms with E-state index in [0.717, 1.165) is 31.5 Å². The van der Waals surface area contributed by atoms with Gasteiger partial charge in [-0.1, -0.05) is 12.5 Å². The van der Waals surface area contributed by atoms with Gasteiger partial charge in [-0.25, -0.2) is 9.37 Å². The van der Waals surface area contributed by atoms with Crippen LogP contribution in [0.25, 0.3) is 11.5 Å². The lowest BCUT2D eigenvalue weighted by Crippen LogP contribution is -2.44. The van der Waals surface area contributed by atoms with Crippen molar-refractivity contribution in [2.75, 3.05) is 13.7 Å². The number of benzene rings is 1. The van der Waals surface area contributed by atoms with Crippen molar-refractivity contribution in [3.63, 3.8) is 0 Å². The Labute approximate surface area is 140 Å². The maximum atomic E-state index is 13.4. The largest absolute Gasteiger partial charge is 0.468 e. The monoisotopic (exact) mass is 332 g/mol. The summed E-state index contributed by atoms with van der Waals surface area (Å²) in [5.41, 5.74) is 1.37. The van der Waals surface area contributed by atoms with Crippen molar-refractivity contribution in [1.82, 2.24) is 9.88 Å². The van der Waals surface area contributed by atoms with E-state index in [9.17, 15) is 9.18 Å². The number of likely N-dealkylation sites (tertiary alicyclic amines) is 1. The van der Waals surface area contributed by atoms with Crippen molar-refractivity contribution in [2.24, 2.45) is 0 Å². The summed E-state index contributed by atoms with van der Waals surface area (Å²) in [5, 5.41) is 0. The number of hydrogen-bond acceptors (Lipinski definition) is 5. The fraction of sp³-hybridized carbons (Fsp3) is 0.444. The molecule has 3 rings (SSSR count). The van der Waals surface area contributed by atoms with E-state index < -0.39 is 0 Å². The number of oxazole rings is 1. The Balaban J connectivity index is 1.81. The number of hydrogen-bond donors (Lipinski definition) is 0. The zero-order valence-electron chi connectivity index (χ0n) is 13.9. The van der Waals surface area contributed by atoms with Gasteiger partial charge in [0, 0.05) is 12.1 Å². The van der Waals surface area contributed by atoms with Crippen molar-refractivity contribution in [3.05, 3.63) is 41.5 Å². The maximum Gasteiger partial charge on any atom is 0.323 e. The highest BCUT2D eigenvalue weighted by Crippen LogP contribution is 2.26. The lowest BCUT2D eigenvalue weighted by Gasteiger charge is -2.33. The van der Waals surface area contributed by atoms with E-state index in [1.165, 1.54) is 19.2 Å². The van der Waals surface area contributed by atoms with Gasteiger partial charge < -0.3 is 9.15 Å². The molecule has 2 heterocycles. The highest BCUT2D eigenvalue weighted by Gasteiger charge is 2.30. The third kappa shape index (κ3) is 3.48.